The molecule has 0 radical (unpaired) electrons. The van der Waals surface area contributed by atoms with E-state index in [1.165, 1.54) is 4.68 Å². The Morgan fingerprint density at radius 2 is 2.25 bits per heavy atom. The smallest absolute Gasteiger partial charge is 0.154 e. The van der Waals surface area contributed by atoms with Crippen LogP contribution in [0.25, 0.3) is 5.69 Å². The fraction of sp³-hybridized carbons (Fsp3) is 0.167. The van der Waals surface area contributed by atoms with Crippen molar-refractivity contribution in [3.63, 3.8) is 0 Å². The van der Waals surface area contributed by atoms with Crippen LogP contribution in [0, 0.1) is 0 Å². The molecular formula is C12H14BrN7. The Labute approximate surface area is 124 Å². The zero-order chi connectivity index (χ0) is 14.7. The normalized spacial score (nSPS) is 12.8. The third kappa shape index (κ3) is 2.85. The minimum Gasteiger partial charge on any atom is -0.382 e. The van der Waals surface area contributed by atoms with E-state index in [-0.39, 0.29) is 0 Å². The van der Waals surface area contributed by atoms with E-state index in [1.807, 2.05) is 13.8 Å². The highest BCUT2D eigenvalue weighted by Crippen LogP contribution is 2.16. The van der Waals surface area contributed by atoms with Gasteiger partial charge in [-0.1, -0.05) is 11.8 Å². The summed E-state index contributed by atoms with van der Waals surface area (Å²) in [5, 5.41) is 11.8. The summed E-state index contributed by atoms with van der Waals surface area (Å²) >= 11 is 3.37. The van der Waals surface area contributed by atoms with Crippen LogP contribution >= 0.6 is 15.9 Å². The van der Waals surface area contributed by atoms with E-state index in [0.29, 0.717) is 17.3 Å². The van der Waals surface area contributed by atoms with Crippen molar-refractivity contribution < 1.29 is 0 Å². The highest BCUT2D eigenvalue weighted by molar-refractivity contribution is 9.12. The Hall–Kier alpha value is -2.22. The third-order valence-electron chi connectivity index (χ3n) is 2.53. The number of nitrogens with two attached hydrogens (primary N) is 1. The molecule has 0 aliphatic heterocycles. The van der Waals surface area contributed by atoms with Crippen LogP contribution < -0.4 is 5.73 Å². The summed E-state index contributed by atoms with van der Waals surface area (Å²) in [6.45, 7) is 7.51. The van der Waals surface area contributed by atoms with Gasteiger partial charge in [0.1, 0.15) is 11.5 Å². The molecule has 8 heteroatoms. The van der Waals surface area contributed by atoms with Gasteiger partial charge in [-0.15, -0.1) is 5.10 Å². The van der Waals surface area contributed by atoms with E-state index in [4.69, 9.17) is 5.73 Å². The molecule has 0 saturated heterocycles. The fourth-order valence-electron chi connectivity index (χ4n) is 1.44. The molecule has 0 spiro atoms. The monoisotopic (exact) mass is 335 g/mol. The molecule has 0 bridgehead atoms. The Bertz CT molecular complexity index is 679. The van der Waals surface area contributed by atoms with Crippen LogP contribution in [0.4, 0.5) is 5.82 Å². The lowest BCUT2D eigenvalue weighted by molar-refractivity contribution is 0.805. The minimum atomic E-state index is 0.441. The average molecular weight is 336 g/mol. The van der Waals surface area contributed by atoms with Gasteiger partial charge in [-0.3, -0.25) is 0 Å². The maximum atomic E-state index is 6.04. The van der Waals surface area contributed by atoms with Crippen molar-refractivity contribution in [2.75, 3.05) is 5.73 Å². The summed E-state index contributed by atoms with van der Waals surface area (Å²) in [5.74, 6) is 1.07. The molecule has 0 aromatic carbocycles. The van der Waals surface area contributed by atoms with E-state index in [0.717, 1.165) is 10.1 Å². The van der Waals surface area contributed by atoms with Crippen molar-refractivity contribution in [1.82, 2.24) is 24.8 Å². The van der Waals surface area contributed by atoms with Crippen molar-refractivity contribution in [2.45, 2.75) is 13.8 Å². The highest BCUT2D eigenvalue weighted by atomic mass is 79.9. The molecule has 2 rings (SSSR count). The molecule has 0 fully saturated rings. The van der Waals surface area contributed by atoms with Gasteiger partial charge in [0.25, 0.3) is 0 Å². The molecule has 0 atom stereocenters. The molecule has 0 unspecified atom stereocenters. The molecule has 0 amide bonds. The lowest BCUT2D eigenvalue weighted by atomic mass is 10.3. The Morgan fingerprint density at radius 1 is 1.50 bits per heavy atom. The standard InChI is InChI=1S/C12H14BrN7/c1-8(2)10(13)6-15-9(3)20-12(14)11(7-17-20)19-5-4-16-18-19/h4-7H,1,14H2,2-3H3/b10-6+,15-9?. The molecule has 7 nitrogen and oxygen atoms in total. The minimum absolute atomic E-state index is 0.441. The molecule has 0 saturated carbocycles. The summed E-state index contributed by atoms with van der Waals surface area (Å²) in [6.07, 6.45) is 6.54. The zero-order valence-electron chi connectivity index (χ0n) is 11.2. The molecule has 20 heavy (non-hydrogen) atoms. The van der Waals surface area contributed by atoms with Crippen molar-refractivity contribution in [3.8, 4) is 5.69 Å². The number of aliphatic imine (C=N–C) groups is 1. The Morgan fingerprint density at radius 3 is 2.85 bits per heavy atom. The van der Waals surface area contributed by atoms with E-state index in [2.05, 4.69) is 42.9 Å². The van der Waals surface area contributed by atoms with Crippen LogP contribution in [-0.4, -0.2) is 30.6 Å². The molecule has 2 aromatic rings. The maximum absolute atomic E-state index is 6.04. The van der Waals surface area contributed by atoms with Crippen molar-refractivity contribution in [1.29, 1.82) is 0 Å². The van der Waals surface area contributed by atoms with Crippen LogP contribution in [-0.2, 0) is 0 Å². The van der Waals surface area contributed by atoms with Crippen molar-refractivity contribution >= 4 is 27.6 Å². The average Bonchev–Trinajstić information content (AvgIpc) is 3.04. The van der Waals surface area contributed by atoms with E-state index in [1.54, 1.807) is 29.5 Å². The SMILES string of the molecule is C=C(C)/C(Br)=C\N=C(C)n1ncc(-n2ccnn2)c1N. The van der Waals surface area contributed by atoms with E-state index in [9.17, 15) is 0 Å². The number of nitrogens with zero attached hydrogens (tertiary/aromatic N) is 6. The first-order chi connectivity index (χ1) is 9.50. The van der Waals surface area contributed by atoms with Gasteiger partial charge in [0.2, 0.25) is 0 Å². The highest BCUT2D eigenvalue weighted by Gasteiger charge is 2.11. The van der Waals surface area contributed by atoms with Gasteiger partial charge >= 0.3 is 0 Å². The second-order valence-electron chi connectivity index (χ2n) is 4.11. The van der Waals surface area contributed by atoms with Gasteiger partial charge in [0.15, 0.2) is 5.82 Å². The van der Waals surface area contributed by atoms with Crippen LogP contribution in [0.5, 0.6) is 0 Å². The Balaban J connectivity index is 2.33. The Kier molecular flexibility index (Phi) is 4.14. The molecule has 2 N–H and O–H groups in total. The van der Waals surface area contributed by atoms with Gasteiger partial charge in [-0.05, 0) is 35.4 Å². The summed E-state index contributed by atoms with van der Waals surface area (Å²) in [4.78, 5) is 4.29. The van der Waals surface area contributed by atoms with Gasteiger partial charge in [-0.25, -0.2) is 14.4 Å². The molecule has 0 aliphatic rings. The first kappa shape index (κ1) is 14.2. The molecular weight excluding hydrogens is 322 g/mol. The number of hydrogen-bond acceptors (Lipinski definition) is 5. The van der Waals surface area contributed by atoms with Crippen LogP contribution in [0.1, 0.15) is 13.8 Å². The van der Waals surface area contributed by atoms with Gasteiger partial charge in [0.05, 0.1) is 18.6 Å². The number of nitrogen functional groups attached to an aromatic ring is 1. The van der Waals surface area contributed by atoms with E-state index >= 15 is 0 Å². The second kappa shape index (κ2) is 5.83. The summed E-state index contributed by atoms with van der Waals surface area (Å²) in [7, 11) is 0. The first-order valence-corrected chi connectivity index (χ1v) is 6.56. The van der Waals surface area contributed by atoms with Crippen LogP contribution in [0.2, 0.25) is 0 Å². The van der Waals surface area contributed by atoms with Gasteiger partial charge in [-0.2, -0.15) is 5.10 Å². The molecule has 2 heterocycles. The number of aromatic nitrogens is 5. The number of anilines is 1. The van der Waals surface area contributed by atoms with E-state index < -0.39 is 0 Å². The molecule has 104 valence electrons. The second-order valence-corrected chi connectivity index (χ2v) is 4.96. The predicted molar refractivity (Wildman–Crippen MR) is 81.9 cm³/mol. The summed E-state index contributed by atoms with van der Waals surface area (Å²) in [5.41, 5.74) is 7.58. The summed E-state index contributed by atoms with van der Waals surface area (Å²) in [6, 6.07) is 0. The lowest BCUT2D eigenvalue weighted by Gasteiger charge is -2.03. The quantitative estimate of drug-likeness (QED) is 0.528. The van der Waals surface area contributed by atoms with Crippen LogP contribution in [0.3, 0.4) is 0 Å². The number of allylic oxidation sites excluding steroid dienone is 2. The fourth-order valence-corrected chi connectivity index (χ4v) is 1.54. The molecule has 0 aliphatic carbocycles. The van der Waals surface area contributed by atoms with Crippen molar-refractivity contribution in [3.05, 3.63) is 41.4 Å². The summed E-state index contributed by atoms with van der Waals surface area (Å²) < 4.78 is 3.90. The van der Waals surface area contributed by atoms with Crippen LogP contribution in [0.15, 0.2) is 46.4 Å². The van der Waals surface area contributed by atoms with Gasteiger partial charge < -0.3 is 5.73 Å². The number of rotatable bonds is 3. The zero-order valence-corrected chi connectivity index (χ0v) is 12.7. The number of hydrogen-bond donors (Lipinski definition) is 1. The molecule has 2 aromatic heterocycles. The lowest BCUT2D eigenvalue weighted by Crippen LogP contribution is -2.13. The third-order valence-corrected chi connectivity index (χ3v) is 3.42. The largest absolute Gasteiger partial charge is 0.382 e. The number of halogens is 1. The maximum Gasteiger partial charge on any atom is 0.154 e. The predicted octanol–water partition coefficient (Wildman–Crippen LogP) is 2.12. The topological polar surface area (TPSA) is 86.9 Å². The first-order valence-electron chi connectivity index (χ1n) is 5.77. The van der Waals surface area contributed by atoms with Crippen molar-refractivity contribution in [2.24, 2.45) is 4.99 Å². The van der Waals surface area contributed by atoms with Gasteiger partial charge in [0, 0.05) is 10.7 Å².